The first-order chi connectivity index (χ1) is 13.5. The van der Waals surface area contributed by atoms with Gasteiger partial charge in [-0.3, -0.25) is 4.79 Å². The number of piperidine rings is 1. The molecule has 2 amide bonds. The van der Waals surface area contributed by atoms with Crippen LogP contribution in [0.2, 0.25) is 0 Å². The van der Waals surface area contributed by atoms with E-state index in [9.17, 15) is 9.59 Å². The Morgan fingerprint density at radius 3 is 2.50 bits per heavy atom. The summed E-state index contributed by atoms with van der Waals surface area (Å²) in [5.41, 5.74) is 0.407. The lowest BCUT2D eigenvalue weighted by Crippen LogP contribution is -2.42. The van der Waals surface area contributed by atoms with Crippen LogP contribution < -0.4 is 10.6 Å². The van der Waals surface area contributed by atoms with Crippen LogP contribution in [0.5, 0.6) is 0 Å². The quantitative estimate of drug-likeness (QED) is 0.804. The van der Waals surface area contributed by atoms with Crippen LogP contribution in [-0.4, -0.2) is 58.6 Å². The molecule has 0 spiro atoms. The van der Waals surface area contributed by atoms with Crippen LogP contribution in [0.4, 0.5) is 10.6 Å². The van der Waals surface area contributed by atoms with E-state index in [1.165, 1.54) is 19.3 Å². The molecule has 28 heavy (non-hydrogen) atoms. The highest BCUT2D eigenvalue weighted by molar-refractivity contribution is 5.93. The van der Waals surface area contributed by atoms with Crippen molar-refractivity contribution in [2.24, 2.45) is 0 Å². The van der Waals surface area contributed by atoms with Gasteiger partial charge in [-0.1, -0.05) is 19.3 Å². The van der Waals surface area contributed by atoms with Crippen LogP contribution in [0.15, 0.2) is 6.07 Å². The molecule has 0 unspecified atom stereocenters. The van der Waals surface area contributed by atoms with Crippen molar-refractivity contribution in [1.82, 2.24) is 20.2 Å². The molecule has 0 aromatic carbocycles. The van der Waals surface area contributed by atoms with E-state index in [0.717, 1.165) is 25.7 Å². The lowest BCUT2D eigenvalue weighted by Gasteiger charge is -2.31. The van der Waals surface area contributed by atoms with E-state index in [2.05, 4.69) is 20.6 Å². The first-order valence-electron chi connectivity index (χ1n) is 10.4. The number of anilines is 1. The summed E-state index contributed by atoms with van der Waals surface area (Å²) >= 11 is 0. The summed E-state index contributed by atoms with van der Waals surface area (Å²) < 4.78 is 5.06. The van der Waals surface area contributed by atoms with Gasteiger partial charge in [0.15, 0.2) is 0 Å². The summed E-state index contributed by atoms with van der Waals surface area (Å²) in [5.74, 6) is 1.11. The minimum absolute atomic E-state index is 0.127. The Hall–Kier alpha value is -2.38. The molecule has 0 radical (unpaired) electrons. The standard InChI is InChI=1S/C20H31N5O3/c1-3-28-20(27)25-11-9-16(10-12-25)23-18-13-17(21-14(2)22-18)19(26)24-15-7-5-4-6-8-15/h13,15-16H,3-12H2,1-2H3,(H,24,26)(H,21,22,23). The monoisotopic (exact) mass is 389 g/mol. The number of nitrogens with zero attached hydrogens (tertiary/aromatic N) is 3. The van der Waals surface area contributed by atoms with Crippen molar-refractivity contribution in [2.75, 3.05) is 25.0 Å². The third kappa shape index (κ3) is 5.56. The predicted molar refractivity (Wildman–Crippen MR) is 106 cm³/mol. The second-order valence-corrected chi connectivity index (χ2v) is 7.60. The number of hydrogen-bond donors (Lipinski definition) is 2. The van der Waals surface area contributed by atoms with E-state index in [4.69, 9.17) is 4.74 Å². The maximum absolute atomic E-state index is 12.6. The number of nitrogens with one attached hydrogen (secondary N) is 2. The van der Waals surface area contributed by atoms with Crippen LogP contribution >= 0.6 is 0 Å². The average molecular weight is 390 g/mol. The van der Waals surface area contributed by atoms with Crippen molar-refractivity contribution in [3.63, 3.8) is 0 Å². The molecule has 1 aliphatic carbocycles. The number of aromatic nitrogens is 2. The summed E-state index contributed by atoms with van der Waals surface area (Å²) in [6, 6.07) is 2.18. The molecule has 1 aromatic heterocycles. The molecule has 2 heterocycles. The topological polar surface area (TPSA) is 96.5 Å². The maximum Gasteiger partial charge on any atom is 0.409 e. The zero-order valence-electron chi connectivity index (χ0n) is 16.9. The van der Waals surface area contributed by atoms with Crippen LogP contribution in [0.25, 0.3) is 0 Å². The zero-order chi connectivity index (χ0) is 19.9. The molecular formula is C20H31N5O3. The molecule has 1 saturated carbocycles. The SMILES string of the molecule is CCOC(=O)N1CCC(Nc2cc(C(=O)NC3CCCCC3)nc(C)n2)CC1. The van der Waals surface area contributed by atoms with Gasteiger partial charge in [0.05, 0.1) is 6.61 Å². The van der Waals surface area contributed by atoms with Crippen molar-refractivity contribution >= 4 is 17.8 Å². The Bertz CT molecular complexity index is 682. The van der Waals surface area contributed by atoms with Gasteiger partial charge in [-0.2, -0.15) is 0 Å². The van der Waals surface area contributed by atoms with Gasteiger partial charge in [0.1, 0.15) is 17.3 Å². The summed E-state index contributed by atoms with van der Waals surface area (Å²) in [5, 5.41) is 6.51. The van der Waals surface area contributed by atoms with Crippen molar-refractivity contribution in [3.05, 3.63) is 17.6 Å². The minimum atomic E-state index is -0.250. The molecule has 3 rings (SSSR count). The largest absolute Gasteiger partial charge is 0.450 e. The fourth-order valence-corrected chi connectivity index (χ4v) is 3.89. The summed E-state index contributed by atoms with van der Waals surface area (Å²) in [6.07, 6.45) is 7.05. The van der Waals surface area contributed by atoms with E-state index < -0.39 is 0 Å². The van der Waals surface area contributed by atoms with Crippen molar-refractivity contribution in [3.8, 4) is 0 Å². The lowest BCUT2D eigenvalue weighted by atomic mass is 9.95. The van der Waals surface area contributed by atoms with Gasteiger partial charge in [-0.05, 0) is 39.5 Å². The van der Waals surface area contributed by atoms with E-state index in [1.807, 2.05) is 6.92 Å². The molecular weight excluding hydrogens is 358 g/mol. The molecule has 2 N–H and O–H groups in total. The van der Waals surface area contributed by atoms with Gasteiger partial charge in [0, 0.05) is 31.2 Å². The van der Waals surface area contributed by atoms with Gasteiger partial charge >= 0.3 is 6.09 Å². The predicted octanol–water partition coefficient (Wildman–Crippen LogP) is 2.88. The normalized spacial score (nSPS) is 18.6. The number of likely N-dealkylation sites (tertiary alicyclic amines) is 1. The fraction of sp³-hybridized carbons (Fsp3) is 0.700. The highest BCUT2D eigenvalue weighted by atomic mass is 16.6. The van der Waals surface area contributed by atoms with Crippen molar-refractivity contribution in [1.29, 1.82) is 0 Å². The second kappa shape index (κ2) is 9.71. The lowest BCUT2D eigenvalue weighted by molar-refractivity contribution is 0.0920. The van der Waals surface area contributed by atoms with E-state index >= 15 is 0 Å². The number of rotatable bonds is 5. The minimum Gasteiger partial charge on any atom is -0.450 e. The molecule has 1 saturated heterocycles. The van der Waals surface area contributed by atoms with Crippen LogP contribution in [0, 0.1) is 6.92 Å². The summed E-state index contributed by atoms with van der Waals surface area (Å²) in [7, 11) is 0. The third-order valence-corrected chi connectivity index (χ3v) is 5.38. The average Bonchev–Trinajstić information content (AvgIpc) is 2.69. The molecule has 2 aliphatic rings. The van der Waals surface area contributed by atoms with Gasteiger partial charge in [0.2, 0.25) is 0 Å². The maximum atomic E-state index is 12.6. The molecule has 0 bridgehead atoms. The number of hydrogen-bond acceptors (Lipinski definition) is 6. The van der Waals surface area contributed by atoms with Gasteiger partial charge < -0.3 is 20.3 Å². The highest BCUT2D eigenvalue weighted by Gasteiger charge is 2.24. The third-order valence-electron chi connectivity index (χ3n) is 5.38. The first-order valence-corrected chi connectivity index (χ1v) is 10.4. The Morgan fingerprint density at radius 1 is 1.11 bits per heavy atom. The van der Waals surface area contributed by atoms with E-state index in [1.54, 1.807) is 17.9 Å². The van der Waals surface area contributed by atoms with Crippen molar-refractivity contribution in [2.45, 2.75) is 70.9 Å². The smallest absolute Gasteiger partial charge is 0.409 e. The molecule has 2 fully saturated rings. The molecule has 1 aliphatic heterocycles. The summed E-state index contributed by atoms with van der Waals surface area (Å²) in [4.78, 5) is 34.9. The number of carbonyl (C=O) groups excluding carboxylic acids is 2. The number of amides is 2. The van der Waals surface area contributed by atoms with Crippen LogP contribution in [-0.2, 0) is 4.74 Å². The Balaban J connectivity index is 1.56. The Kier molecular flexibility index (Phi) is 7.06. The molecule has 1 aromatic rings. The van der Waals surface area contributed by atoms with E-state index in [0.29, 0.717) is 37.0 Å². The number of aryl methyl sites for hydroxylation is 1. The van der Waals surface area contributed by atoms with Crippen LogP contribution in [0.3, 0.4) is 0 Å². The number of ether oxygens (including phenoxy) is 1. The van der Waals surface area contributed by atoms with Gasteiger partial charge in [-0.25, -0.2) is 14.8 Å². The van der Waals surface area contributed by atoms with Crippen molar-refractivity contribution < 1.29 is 14.3 Å². The molecule has 8 heteroatoms. The van der Waals surface area contributed by atoms with Crippen LogP contribution in [0.1, 0.15) is 68.2 Å². The molecule has 154 valence electrons. The van der Waals surface area contributed by atoms with E-state index in [-0.39, 0.29) is 24.1 Å². The molecule has 0 atom stereocenters. The second-order valence-electron chi connectivity index (χ2n) is 7.60. The highest BCUT2D eigenvalue weighted by Crippen LogP contribution is 2.19. The summed E-state index contributed by atoms with van der Waals surface area (Å²) in [6.45, 7) is 5.30. The zero-order valence-corrected chi connectivity index (χ0v) is 16.9. The Morgan fingerprint density at radius 2 is 1.82 bits per heavy atom. The fourth-order valence-electron chi connectivity index (χ4n) is 3.89. The first kappa shape index (κ1) is 20.4. The number of carbonyl (C=O) groups is 2. The molecule has 8 nitrogen and oxygen atoms in total. The van der Waals surface area contributed by atoms with Gasteiger partial charge in [0.25, 0.3) is 5.91 Å². The Labute approximate surface area is 166 Å². The van der Waals surface area contributed by atoms with Gasteiger partial charge in [-0.15, -0.1) is 0 Å².